The first-order valence-corrected chi connectivity index (χ1v) is 8.45. The van der Waals surface area contributed by atoms with Crippen molar-refractivity contribution in [2.45, 2.75) is 10.6 Å². The van der Waals surface area contributed by atoms with Crippen molar-refractivity contribution in [1.82, 2.24) is 10.2 Å². The number of furan rings is 1. The molecule has 2 heterocycles. The molecule has 0 aliphatic heterocycles. The van der Waals surface area contributed by atoms with E-state index in [1.807, 2.05) is 18.2 Å². The van der Waals surface area contributed by atoms with Gasteiger partial charge < -0.3 is 14.6 Å². The van der Waals surface area contributed by atoms with Crippen LogP contribution in [0.1, 0.15) is 5.89 Å². The summed E-state index contributed by atoms with van der Waals surface area (Å²) in [6, 6.07) is 9.21. The Morgan fingerprint density at radius 3 is 2.67 bits per heavy atom. The van der Waals surface area contributed by atoms with E-state index >= 15 is 0 Å². The predicted molar refractivity (Wildman–Crippen MR) is 87.8 cm³/mol. The molecule has 0 fully saturated rings. The highest BCUT2D eigenvalue weighted by molar-refractivity contribution is 9.10. The number of hydrogen-bond donors (Lipinski definition) is 1. The maximum Gasteiger partial charge on any atom is 0.283 e. The minimum absolute atomic E-state index is 0.368. The summed E-state index contributed by atoms with van der Waals surface area (Å²) in [7, 11) is 0. The Hall–Kier alpha value is -1.25. The zero-order valence-corrected chi connectivity index (χ0v) is 14.5. The van der Waals surface area contributed by atoms with Crippen LogP contribution in [0.15, 0.2) is 53.2 Å². The molecule has 0 unspecified atom stereocenters. The maximum atomic E-state index is 5.71. The van der Waals surface area contributed by atoms with Gasteiger partial charge in [0, 0.05) is 15.1 Å². The van der Waals surface area contributed by atoms with Gasteiger partial charge in [-0.3, -0.25) is 0 Å². The highest BCUT2D eigenvalue weighted by atomic mass is 79.9. The van der Waals surface area contributed by atoms with Gasteiger partial charge in [0.1, 0.15) is 0 Å². The number of aromatic nitrogens is 2. The number of anilines is 1. The summed E-state index contributed by atoms with van der Waals surface area (Å²) in [5, 5.41) is 7.98. The quantitative estimate of drug-likeness (QED) is 0.476. The molecule has 0 saturated heterocycles. The van der Waals surface area contributed by atoms with E-state index in [0.29, 0.717) is 28.0 Å². The summed E-state index contributed by atoms with van der Waals surface area (Å²) >= 11 is 8.30. The third-order valence-corrected chi connectivity index (χ3v) is 4.96. The number of rotatable bonds is 4. The van der Waals surface area contributed by atoms with Crippen molar-refractivity contribution in [3.8, 4) is 11.7 Å². The van der Waals surface area contributed by atoms with Crippen LogP contribution in [0.4, 0.5) is 5.69 Å². The number of benzene rings is 1. The minimum atomic E-state index is 0.368. The average molecular weight is 431 g/mol. The molecule has 5 nitrogen and oxygen atoms in total. The molecule has 0 aliphatic carbocycles. The monoisotopic (exact) mass is 429 g/mol. The Labute approximate surface area is 141 Å². The van der Waals surface area contributed by atoms with Crippen molar-refractivity contribution in [1.29, 1.82) is 0 Å². The molecule has 0 amide bonds. The Bertz CT molecular complexity index is 772. The molecule has 2 N–H and O–H groups in total. The Morgan fingerprint density at radius 1 is 1.10 bits per heavy atom. The van der Waals surface area contributed by atoms with Crippen LogP contribution < -0.4 is 5.73 Å². The van der Waals surface area contributed by atoms with Gasteiger partial charge >= 0.3 is 0 Å². The second-order valence-corrected chi connectivity index (χ2v) is 6.74. The van der Waals surface area contributed by atoms with Crippen LogP contribution in [0, 0.1) is 0 Å². The van der Waals surface area contributed by atoms with Gasteiger partial charge in [0.25, 0.3) is 5.89 Å². The Kier molecular flexibility index (Phi) is 4.37. The molecule has 3 rings (SSSR count). The molecule has 0 bridgehead atoms. The van der Waals surface area contributed by atoms with Crippen molar-refractivity contribution >= 4 is 49.3 Å². The summed E-state index contributed by atoms with van der Waals surface area (Å²) in [4.78, 5) is 1.06. The van der Waals surface area contributed by atoms with Crippen LogP contribution in [0.2, 0.25) is 0 Å². The van der Waals surface area contributed by atoms with Gasteiger partial charge in [0.05, 0.1) is 5.75 Å². The molecular formula is C13H9Br2N3O2S. The van der Waals surface area contributed by atoms with E-state index in [9.17, 15) is 0 Å². The predicted octanol–water partition coefficient (Wildman–Crippen LogP) is 4.73. The van der Waals surface area contributed by atoms with Crippen LogP contribution in [-0.4, -0.2) is 10.2 Å². The summed E-state index contributed by atoms with van der Waals surface area (Å²) in [6.07, 6.45) is 0. The number of nitrogen functional groups attached to an aromatic ring is 1. The number of hydrogen-bond acceptors (Lipinski definition) is 6. The third kappa shape index (κ3) is 3.50. The lowest BCUT2D eigenvalue weighted by Crippen LogP contribution is -1.86. The maximum absolute atomic E-state index is 5.71. The molecule has 2 aromatic heterocycles. The van der Waals surface area contributed by atoms with Gasteiger partial charge in [-0.2, -0.15) is 0 Å². The summed E-state index contributed by atoms with van der Waals surface area (Å²) in [5.41, 5.74) is 6.43. The van der Waals surface area contributed by atoms with Crippen molar-refractivity contribution in [3.05, 3.63) is 45.4 Å². The van der Waals surface area contributed by atoms with E-state index in [4.69, 9.17) is 14.6 Å². The lowest BCUT2D eigenvalue weighted by Gasteiger charge is -2.03. The van der Waals surface area contributed by atoms with E-state index in [2.05, 4.69) is 42.1 Å². The first-order chi connectivity index (χ1) is 10.1. The second-order valence-electron chi connectivity index (χ2n) is 4.08. The van der Waals surface area contributed by atoms with Crippen molar-refractivity contribution in [2.24, 2.45) is 0 Å². The first-order valence-electron chi connectivity index (χ1n) is 5.88. The fourth-order valence-electron chi connectivity index (χ4n) is 1.61. The van der Waals surface area contributed by atoms with Gasteiger partial charge in [-0.1, -0.05) is 0 Å². The molecule has 1 aromatic carbocycles. The fourth-order valence-corrected chi connectivity index (χ4v) is 3.42. The van der Waals surface area contributed by atoms with Crippen molar-refractivity contribution in [3.63, 3.8) is 0 Å². The van der Waals surface area contributed by atoms with E-state index in [0.717, 1.165) is 15.1 Å². The molecule has 3 aromatic rings. The number of thioether (sulfide) groups is 1. The van der Waals surface area contributed by atoms with Crippen LogP contribution in [-0.2, 0) is 5.75 Å². The first kappa shape index (κ1) is 14.7. The highest BCUT2D eigenvalue weighted by Crippen LogP contribution is 2.32. The third-order valence-electron chi connectivity index (χ3n) is 2.56. The van der Waals surface area contributed by atoms with Gasteiger partial charge in [0.2, 0.25) is 5.89 Å². The Balaban J connectivity index is 1.70. The average Bonchev–Trinajstić information content (AvgIpc) is 3.06. The van der Waals surface area contributed by atoms with Crippen LogP contribution in [0.3, 0.4) is 0 Å². The smallest absolute Gasteiger partial charge is 0.283 e. The molecule has 0 radical (unpaired) electrons. The SMILES string of the molecule is Nc1ccc(SCc2nnc(-c3ccc(Br)o3)o2)c(Br)c1. The minimum Gasteiger partial charge on any atom is -0.444 e. The zero-order valence-electron chi connectivity index (χ0n) is 10.5. The van der Waals surface area contributed by atoms with Gasteiger partial charge in [-0.25, -0.2) is 0 Å². The molecule has 0 spiro atoms. The highest BCUT2D eigenvalue weighted by Gasteiger charge is 2.13. The number of halogens is 2. The molecule has 0 aliphatic rings. The molecule has 0 saturated carbocycles. The Morgan fingerprint density at radius 2 is 1.95 bits per heavy atom. The summed E-state index contributed by atoms with van der Waals surface area (Å²) in [5.74, 6) is 2.01. The molecule has 21 heavy (non-hydrogen) atoms. The van der Waals surface area contributed by atoms with Crippen LogP contribution in [0.25, 0.3) is 11.7 Å². The summed E-state index contributed by atoms with van der Waals surface area (Å²) in [6.45, 7) is 0. The van der Waals surface area contributed by atoms with Crippen molar-refractivity contribution in [2.75, 3.05) is 5.73 Å². The topological polar surface area (TPSA) is 78.1 Å². The normalized spacial score (nSPS) is 11.0. The number of nitrogens with zero attached hydrogens (tertiary/aromatic N) is 2. The van der Waals surface area contributed by atoms with Gasteiger partial charge in [0.15, 0.2) is 10.4 Å². The summed E-state index contributed by atoms with van der Waals surface area (Å²) < 4.78 is 12.5. The lowest BCUT2D eigenvalue weighted by atomic mass is 10.3. The van der Waals surface area contributed by atoms with E-state index in [-0.39, 0.29) is 0 Å². The van der Waals surface area contributed by atoms with Crippen molar-refractivity contribution < 1.29 is 8.83 Å². The van der Waals surface area contributed by atoms with E-state index < -0.39 is 0 Å². The van der Waals surface area contributed by atoms with Crippen LogP contribution >= 0.6 is 43.6 Å². The van der Waals surface area contributed by atoms with Crippen LogP contribution in [0.5, 0.6) is 0 Å². The lowest BCUT2D eigenvalue weighted by molar-refractivity contribution is 0.486. The molecular weight excluding hydrogens is 422 g/mol. The van der Waals surface area contributed by atoms with Gasteiger partial charge in [-0.15, -0.1) is 22.0 Å². The van der Waals surface area contributed by atoms with E-state index in [1.54, 1.807) is 23.9 Å². The van der Waals surface area contributed by atoms with E-state index in [1.165, 1.54) is 0 Å². The fraction of sp³-hybridized carbons (Fsp3) is 0.0769. The number of nitrogens with two attached hydrogens (primary N) is 1. The zero-order chi connectivity index (χ0) is 14.8. The van der Waals surface area contributed by atoms with Gasteiger partial charge in [-0.05, 0) is 62.2 Å². The largest absolute Gasteiger partial charge is 0.444 e. The molecule has 8 heteroatoms. The standard InChI is InChI=1S/C13H9Br2N3O2S/c14-8-5-7(16)1-3-10(8)21-6-12-17-18-13(20-12)9-2-4-11(15)19-9/h1-5H,6,16H2. The molecule has 108 valence electrons. The molecule has 0 atom stereocenters. The second kappa shape index (κ2) is 6.25.